The molecule has 0 radical (unpaired) electrons. The van der Waals surface area contributed by atoms with Gasteiger partial charge >= 0.3 is 5.69 Å². The zero-order chi connectivity index (χ0) is 14.4. The van der Waals surface area contributed by atoms with Crippen LogP contribution in [0.3, 0.4) is 0 Å². The van der Waals surface area contributed by atoms with Crippen LogP contribution in [-0.2, 0) is 11.8 Å². The minimum Gasteiger partial charge on any atom is -0.381 e. The molecule has 4 rings (SSSR count). The maximum Gasteiger partial charge on any atom is 0.329 e. The molecule has 1 aromatic carbocycles. The van der Waals surface area contributed by atoms with Gasteiger partial charge in [-0.05, 0) is 18.9 Å². The first kappa shape index (κ1) is 12.6. The summed E-state index contributed by atoms with van der Waals surface area (Å²) in [5.74, 6) is 0. The Morgan fingerprint density at radius 3 is 2.81 bits per heavy atom. The molecule has 2 aromatic heterocycles. The zero-order valence-corrected chi connectivity index (χ0v) is 12.0. The molecular weight excluding hydrogens is 266 g/mol. The Balaban J connectivity index is 2.10. The molecule has 0 N–H and O–H groups in total. The van der Waals surface area contributed by atoms with E-state index < -0.39 is 0 Å². The Hall–Kier alpha value is -2.14. The van der Waals surface area contributed by atoms with E-state index in [4.69, 9.17) is 4.74 Å². The molecule has 1 saturated heterocycles. The molecule has 1 aliphatic rings. The molecule has 0 aliphatic carbocycles. The van der Waals surface area contributed by atoms with Gasteiger partial charge in [0.1, 0.15) is 0 Å². The van der Waals surface area contributed by atoms with E-state index in [0.717, 1.165) is 48.0 Å². The average molecular weight is 283 g/mol. The Bertz CT molecular complexity index is 872. The van der Waals surface area contributed by atoms with Crippen LogP contribution in [0.2, 0.25) is 0 Å². The van der Waals surface area contributed by atoms with Crippen LogP contribution in [0.1, 0.15) is 18.9 Å². The van der Waals surface area contributed by atoms with Crippen molar-refractivity contribution in [2.24, 2.45) is 7.05 Å². The fourth-order valence-electron chi connectivity index (χ4n) is 3.26. The number of nitrogens with zero attached hydrogens (tertiary/aromatic N) is 3. The van der Waals surface area contributed by atoms with Gasteiger partial charge in [-0.25, -0.2) is 4.79 Å². The van der Waals surface area contributed by atoms with Crippen molar-refractivity contribution in [3.8, 4) is 0 Å². The lowest BCUT2D eigenvalue weighted by Crippen LogP contribution is -2.29. The average Bonchev–Trinajstić information content (AvgIpc) is 2.80. The molecule has 3 aromatic rings. The first-order chi connectivity index (χ1) is 10.3. The smallest absolute Gasteiger partial charge is 0.329 e. The molecule has 0 bridgehead atoms. The van der Waals surface area contributed by atoms with Crippen molar-refractivity contribution < 1.29 is 4.74 Å². The predicted octanol–water partition coefficient (Wildman–Crippen LogP) is 2.24. The molecule has 108 valence electrons. The predicted molar refractivity (Wildman–Crippen MR) is 81.6 cm³/mol. The highest BCUT2D eigenvalue weighted by Crippen LogP contribution is 2.28. The number of benzene rings is 1. The summed E-state index contributed by atoms with van der Waals surface area (Å²) >= 11 is 0. The number of rotatable bonds is 1. The number of imidazole rings is 1. The highest BCUT2D eigenvalue weighted by molar-refractivity contribution is 6.02. The van der Waals surface area contributed by atoms with E-state index >= 15 is 0 Å². The van der Waals surface area contributed by atoms with Crippen LogP contribution in [0, 0.1) is 0 Å². The van der Waals surface area contributed by atoms with Crippen LogP contribution in [0.25, 0.3) is 21.9 Å². The molecule has 5 nitrogen and oxygen atoms in total. The normalized spacial score (nSPS) is 16.8. The highest BCUT2D eigenvalue weighted by Gasteiger charge is 2.23. The summed E-state index contributed by atoms with van der Waals surface area (Å²) in [5.41, 5.74) is 2.86. The highest BCUT2D eigenvalue weighted by atomic mass is 16.5. The van der Waals surface area contributed by atoms with Crippen LogP contribution < -0.4 is 5.69 Å². The van der Waals surface area contributed by atoms with Gasteiger partial charge in [0.05, 0.1) is 22.7 Å². The summed E-state index contributed by atoms with van der Waals surface area (Å²) in [4.78, 5) is 17.2. The van der Waals surface area contributed by atoms with Gasteiger partial charge in [0, 0.05) is 31.7 Å². The van der Waals surface area contributed by atoms with Gasteiger partial charge in [0.25, 0.3) is 0 Å². The monoisotopic (exact) mass is 283 g/mol. The summed E-state index contributed by atoms with van der Waals surface area (Å²) in [5, 5.41) is 1.04. The van der Waals surface area contributed by atoms with Gasteiger partial charge < -0.3 is 4.74 Å². The van der Waals surface area contributed by atoms with Crippen LogP contribution in [0.5, 0.6) is 0 Å². The molecule has 0 saturated carbocycles. The molecule has 0 spiro atoms. The third kappa shape index (κ3) is 1.81. The summed E-state index contributed by atoms with van der Waals surface area (Å²) in [6.07, 6.45) is 3.57. The van der Waals surface area contributed by atoms with Crippen LogP contribution in [-0.4, -0.2) is 27.3 Å². The second-order valence-corrected chi connectivity index (χ2v) is 5.56. The van der Waals surface area contributed by atoms with Gasteiger partial charge in [-0.1, -0.05) is 18.2 Å². The number of ether oxygens (including phenoxy) is 1. The van der Waals surface area contributed by atoms with Crippen molar-refractivity contribution in [3.63, 3.8) is 0 Å². The molecule has 0 amide bonds. The molecule has 3 heterocycles. The summed E-state index contributed by atoms with van der Waals surface area (Å²) in [7, 11) is 1.82. The number of aryl methyl sites for hydroxylation is 1. The SMILES string of the molecule is Cn1c(=O)n(C2CCOCC2)c2c3ccccc3ncc21. The standard InChI is InChI=1S/C16H17N3O2/c1-18-14-10-17-13-5-3-2-4-12(13)15(14)19(16(18)20)11-6-8-21-9-7-11/h2-5,10-11H,6-9H2,1H3. The van der Waals surface area contributed by atoms with E-state index in [9.17, 15) is 4.79 Å². The molecule has 0 atom stereocenters. The van der Waals surface area contributed by atoms with Crippen LogP contribution in [0.15, 0.2) is 35.3 Å². The lowest BCUT2D eigenvalue weighted by molar-refractivity contribution is 0.0697. The third-order valence-corrected chi connectivity index (χ3v) is 4.38. The number of fused-ring (bicyclic) bond motifs is 3. The third-order valence-electron chi connectivity index (χ3n) is 4.38. The molecular formula is C16H17N3O2. The zero-order valence-electron chi connectivity index (χ0n) is 12.0. The number of pyridine rings is 1. The first-order valence-electron chi connectivity index (χ1n) is 7.30. The summed E-state index contributed by atoms with van der Waals surface area (Å²) in [6, 6.07) is 8.21. The van der Waals surface area contributed by atoms with Gasteiger partial charge in [-0.2, -0.15) is 0 Å². The van der Waals surface area contributed by atoms with Crippen LogP contribution >= 0.6 is 0 Å². The van der Waals surface area contributed by atoms with E-state index in [1.165, 1.54) is 0 Å². The van der Waals surface area contributed by atoms with Gasteiger partial charge in [0.15, 0.2) is 0 Å². The van der Waals surface area contributed by atoms with Crippen molar-refractivity contribution in [1.29, 1.82) is 0 Å². The van der Waals surface area contributed by atoms with Crippen molar-refractivity contribution in [1.82, 2.24) is 14.1 Å². The first-order valence-corrected chi connectivity index (χ1v) is 7.30. The minimum absolute atomic E-state index is 0.0371. The Morgan fingerprint density at radius 2 is 2.00 bits per heavy atom. The van der Waals surface area contributed by atoms with Crippen molar-refractivity contribution in [3.05, 3.63) is 40.9 Å². The van der Waals surface area contributed by atoms with Crippen molar-refractivity contribution >= 4 is 21.9 Å². The summed E-state index contributed by atoms with van der Waals surface area (Å²) < 4.78 is 9.08. The van der Waals surface area contributed by atoms with E-state index in [-0.39, 0.29) is 11.7 Å². The van der Waals surface area contributed by atoms with Crippen molar-refractivity contribution in [2.45, 2.75) is 18.9 Å². The topological polar surface area (TPSA) is 49.0 Å². The lowest BCUT2D eigenvalue weighted by atomic mass is 10.1. The number of hydrogen-bond acceptors (Lipinski definition) is 3. The Kier molecular flexibility index (Phi) is 2.82. The lowest BCUT2D eigenvalue weighted by Gasteiger charge is -2.23. The maximum absolute atomic E-state index is 12.7. The summed E-state index contributed by atoms with van der Waals surface area (Å²) in [6.45, 7) is 1.44. The number of hydrogen-bond donors (Lipinski definition) is 0. The molecule has 5 heteroatoms. The second-order valence-electron chi connectivity index (χ2n) is 5.56. The minimum atomic E-state index is 0.0371. The quantitative estimate of drug-likeness (QED) is 0.688. The van der Waals surface area contributed by atoms with E-state index in [1.54, 1.807) is 10.8 Å². The molecule has 0 unspecified atom stereocenters. The van der Waals surface area contributed by atoms with E-state index in [0.29, 0.717) is 0 Å². The Labute approximate surface area is 121 Å². The fourth-order valence-corrected chi connectivity index (χ4v) is 3.26. The number of aromatic nitrogens is 3. The van der Waals surface area contributed by atoms with Gasteiger partial charge in [0.2, 0.25) is 0 Å². The molecule has 1 fully saturated rings. The second kappa shape index (κ2) is 4.70. The van der Waals surface area contributed by atoms with Crippen molar-refractivity contribution in [2.75, 3.05) is 13.2 Å². The fraction of sp³-hybridized carbons (Fsp3) is 0.375. The van der Waals surface area contributed by atoms with Gasteiger partial charge in [-0.3, -0.25) is 14.1 Å². The number of para-hydroxylation sites is 1. The maximum atomic E-state index is 12.7. The van der Waals surface area contributed by atoms with Crippen LogP contribution in [0.4, 0.5) is 0 Å². The Morgan fingerprint density at radius 1 is 1.24 bits per heavy atom. The van der Waals surface area contributed by atoms with E-state index in [1.807, 2.05) is 35.9 Å². The van der Waals surface area contributed by atoms with E-state index in [2.05, 4.69) is 4.98 Å². The molecule has 1 aliphatic heterocycles. The largest absolute Gasteiger partial charge is 0.381 e. The van der Waals surface area contributed by atoms with Gasteiger partial charge in [-0.15, -0.1) is 0 Å². The molecule has 21 heavy (non-hydrogen) atoms.